The van der Waals surface area contributed by atoms with Gasteiger partial charge in [0.25, 0.3) is 5.91 Å². The Morgan fingerprint density at radius 1 is 1.43 bits per heavy atom. The van der Waals surface area contributed by atoms with E-state index in [0.29, 0.717) is 6.07 Å². The van der Waals surface area contributed by atoms with Crippen molar-refractivity contribution in [1.29, 1.82) is 0 Å². The van der Waals surface area contributed by atoms with Crippen molar-refractivity contribution in [3.63, 3.8) is 0 Å². The number of halogens is 3. The highest BCUT2D eigenvalue weighted by Crippen LogP contribution is 2.27. The maximum Gasteiger partial charge on any atom is 0.277 e. The van der Waals surface area contributed by atoms with Crippen LogP contribution in [0.1, 0.15) is 16.5 Å². The summed E-state index contributed by atoms with van der Waals surface area (Å²) in [7, 11) is 0. The first kappa shape index (κ1) is 14.1. The van der Waals surface area contributed by atoms with Crippen LogP contribution in [0.2, 0.25) is 0 Å². The van der Waals surface area contributed by atoms with E-state index in [1.54, 1.807) is 4.68 Å². The van der Waals surface area contributed by atoms with Crippen molar-refractivity contribution in [2.75, 3.05) is 18.4 Å². The summed E-state index contributed by atoms with van der Waals surface area (Å²) in [6.07, 6.45) is 1.50. The summed E-state index contributed by atoms with van der Waals surface area (Å²) in [4.78, 5) is 12.0. The average Bonchev–Trinajstić information content (AvgIpc) is 2.80. The van der Waals surface area contributed by atoms with Crippen LogP contribution in [-0.4, -0.2) is 34.0 Å². The van der Waals surface area contributed by atoms with Gasteiger partial charge in [0.1, 0.15) is 5.82 Å². The Bertz CT molecular complexity index is 678. The van der Waals surface area contributed by atoms with Crippen LogP contribution in [0.3, 0.4) is 0 Å². The van der Waals surface area contributed by atoms with Gasteiger partial charge in [0.2, 0.25) is 0 Å². The maximum absolute atomic E-state index is 13.7. The normalized spacial score (nSPS) is 14.8. The molecule has 0 radical (unpaired) electrons. The lowest BCUT2D eigenvalue weighted by atomic mass is 10.2. The van der Waals surface area contributed by atoms with Crippen LogP contribution in [-0.2, 0) is 0 Å². The van der Waals surface area contributed by atoms with E-state index in [-0.39, 0.29) is 21.9 Å². The van der Waals surface area contributed by atoms with Crippen LogP contribution in [0, 0.1) is 11.6 Å². The van der Waals surface area contributed by atoms with Gasteiger partial charge in [0.15, 0.2) is 11.5 Å². The molecule has 0 saturated carbocycles. The Hall–Kier alpha value is -1.87. The Kier molecular flexibility index (Phi) is 3.68. The van der Waals surface area contributed by atoms with Crippen molar-refractivity contribution in [3.05, 3.63) is 40.1 Å². The molecule has 21 heavy (non-hydrogen) atoms. The average molecular weight is 358 g/mol. The summed E-state index contributed by atoms with van der Waals surface area (Å²) in [5.74, 6) is -2.22. The van der Waals surface area contributed by atoms with E-state index < -0.39 is 17.5 Å². The van der Waals surface area contributed by atoms with Gasteiger partial charge in [-0.1, -0.05) is 5.21 Å². The van der Waals surface area contributed by atoms with Crippen LogP contribution in [0.4, 0.5) is 14.5 Å². The van der Waals surface area contributed by atoms with Gasteiger partial charge >= 0.3 is 0 Å². The minimum atomic E-state index is -0.870. The van der Waals surface area contributed by atoms with Crippen LogP contribution >= 0.6 is 15.9 Å². The molecule has 110 valence electrons. The molecule has 0 bridgehead atoms. The monoisotopic (exact) mass is 357 g/mol. The van der Waals surface area contributed by atoms with Crippen molar-refractivity contribution in [2.24, 2.45) is 0 Å². The van der Waals surface area contributed by atoms with E-state index in [0.717, 1.165) is 19.2 Å². The van der Waals surface area contributed by atoms with Gasteiger partial charge in [-0.15, -0.1) is 5.10 Å². The Balaban J connectivity index is 1.78. The van der Waals surface area contributed by atoms with Crippen LogP contribution in [0.15, 0.2) is 22.8 Å². The Labute approximate surface area is 126 Å². The minimum Gasteiger partial charge on any atom is -0.317 e. The second-order valence-corrected chi connectivity index (χ2v) is 5.45. The van der Waals surface area contributed by atoms with E-state index in [9.17, 15) is 13.6 Å². The number of anilines is 1. The molecule has 9 heteroatoms. The molecule has 0 spiro atoms. The number of nitrogens with one attached hydrogen (secondary N) is 2. The first-order chi connectivity index (χ1) is 10.0. The van der Waals surface area contributed by atoms with Crippen LogP contribution < -0.4 is 10.6 Å². The number of carbonyl (C=O) groups excluding carboxylic acids is 1. The van der Waals surface area contributed by atoms with E-state index in [1.165, 1.54) is 6.20 Å². The fourth-order valence-corrected chi connectivity index (χ4v) is 2.37. The zero-order valence-corrected chi connectivity index (χ0v) is 12.2. The number of hydrogen-bond acceptors (Lipinski definition) is 4. The molecule has 2 aromatic rings. The highest BCUT2D eigenvalue weighted by atomic mass is 79.9. The number of nitrogens with zero attached hydrogens (tertiary/aromatic N) is 3. The molecule has 6 nitrogen and oxygen atoms in total. The van der Waals surface area contributed by atoms with E-state index in [1.807, 2.05) is 0 Å². The lowest BCUT2D eigenvalue weighted by Gasteiger charge is -2.26. The van der Waals surface area contributed by atoms with Gasteiger partial charge in [-0.3, -0.25) is 4.79 Å². The summed E-state index contributed by atoms with van der Waals surface area (Å²) < 4.78 is 28.3. The standard InChI is InChI=1S/C12H10BrF2N5O/c13-8-1-6(14)2-9(15)11(8)17-12(21)10-5-20(19-18-10)7-3-16-4-7/h1-2,5,7,16H,3-4H2,(H,17,21). The molecule has 2 heterocycles. The van der Waals surface area contributed by atoms with Crippen molar-refractivity contribution in [3.8, 4) is 0 Å². The summed E-state index contributed by atoms with van der Waals surface area (Å²) >= 11 is 3.00. The molecule has 1 amide bonds. The Morgan fingerprint density at radius 2 is 2.19 bits per heavy atom. The largest absolute Gasteiger partial charge is 0.317 e. The fraction of sp³-hybridized carbons (Fsp3) is 0.250. The first-order valence-electron chi connectivity index (χ1n) is 6.13. The van der Waals surface area contributed by atoms with Gasteiger partial charge in [-0.2, -0.15) is 0 Å². The predicted octanol–water partition coefficient (Wildman–Crippen LogP) is 1.72. The van der Waals surface area contributed by atoms with Gasteiger partial charge < -0.3 is 10.6 Å². The van der Waals surface area contributed by atoms with Crippen molar-refractivity contribution >= 4 is 27.5 Å². The second kappa shape index (κ2) is 5.49. The third-order valence-electron chi connectivity index (χ3n) is 3.12. The van der Waals surface area contributed by atoms with E-state index >= 15 is 0 Å². The van der Waals surface area contributed by atoms with Gasteiger partial charge in [0.05, 0.1) is 17.9 Å². The fourth-order valence-electron chi connectivity index (χ4n) is 1.86. The van der Waals surface area contributed by atoms with Crippen molar-refractivity contribution < 1.29 is 13.6 Å². The minimum absolute atomic E-state index is 0.0672. The molecule has 0 atom stereocenters. The van der Waals surface area contributed by atoms with Crippen LogP contribution in [0.25, 0.3) is 0 Å². The molecule has 0 aliphatic carbocycles. The number of amides is 1. The van der Waals surface area contributed by atoms with Gasteiger partial charge in [0, 0.05) is 23.6 Å². The zero-order chi connectivity index (χ0) is 15.0. The molecular weight excluding hydrogens is 348 g/mol. The van der Waals surface area contributed by atoms with Crippen molar-refractivity contribution in [2.45, 2.75) is 6.04 Å². The zero-order valence-electron chi connectivity index (χ0n) is 10.6. The summed E-state index contributed by atoms with van der Waals surface area (Å²) in [5, 5.41) is 13.0. The lowest BCUT2D eigenvalue weighted by Crippen LogP contribution is -2.43. The SMILES string of the molecule is O=C(Nc1c(F)cc(F)cc1Br)c1cn(C2CNC2)nn1. The highest BCUT2D eigenvalue weighted by molar-refractivity contribution is 9.10. The molecule has 1 aliphatic rings. The van der Waals surface area contributed by atoms with E-state index in [2.05, 4.69) is 36.9 Å². The molecular formula is C12H10BrF2N5O. The van der Waals surface area contributed by atoms with Gasteiger partial charge in [-0.05, 0) is 22.0 Å². The van der Waals surface area contributed by atoms with Crippen molar-refractivity contribution in [1.82, 2.24) is 20.3 Å². The number of hydrogen-bond donors (Lipinski definition) is 2. The second-order valence-electron chi connectivity index (χ2n) is 4.59. The molecule has 1 fully saturated rings. The highest BCUT2D eigenvalue weighted by Gasteiger charge is 2.22. The number of benzene rings is 1. The molecule has 1 aromatic heterocycles. The lowest BCUT2D eigenvalue weighted by molar-refractivity contribution is 0.102. The first-order valence-corrected chi connectivity index (χ1v) is 6.92. The van der Waals surface area contributed by atoms with Crippen LogP contribution in [0.5, 0.6) is 0 Å². The quantitative estimate of drug-likeness (QED) is 0.877. The number of rotatable bonds is 3. The molecule has 0 unspecified atom stereocenters. The molecule has 1 aliphatic heterocycles. The molecule has 1 aromatic carbocycles. The topological polar surface area (TPSA) is 71.8 Å². The molecule has 3 rings (SSSR count). The summed E-state index contributed by atoms with van der Waals surface area (Å²) in [6.45, 7) is 1.53. The smallest absolute Gasteiger partial charge is 0.277 e. The maximum atomic E-state index is 13.7. The number of carbonyl (C=O) groups is 1. The Morgan fingerprint density at radius 3 is 2.81 bits per heavy atom. The third kappa shape index (κ3) is 2.79. The number of aromatic nitrogens is 3. The third-order valence-corrected chi connectivity index (χ3v) is 3.75. The van der Waals surface area contributed by atoms with E-state index in [4.69, 9.17) is 0 Å². The molecule has 2 N–H and O–H groups in total. The predicted molar refractivity (Wildman–Crippen MR) is 73.9 cm³/mol. The summed E-state index contributed by atoms with van der Waals surface area (Å²) in [5.41, 5.74) is -0.0706. The summed E-state index contributed by atoms with van der Waals surface area (Å²) in [6, 6.07) is 1.93. The van der Waals surface area contributed by atoms with Gasteiger partial charge in [-0.25, -0.2) is 13.5 Å². The molecule has 1 saturated heterocycles.